The van der Waals surface area contributed by atoms with E-state index in [4.69, 9.17) is 0 Å². The predicted molar refractivity (Wildman–Crippen MR) is 66.4 cm³/mol. The molecule has 0 spiro atoms. The largest absolute Gasteiger partial charge is 0.298 e. The maximum absolute atomic E-state index is 14.4. The Morgan fingerprint density at radius 3 is 2.63 bits per heavy atom. The van der Waals surface area contributed by atoms with Crippen LogP contribution in [0.5, 0.6) is 0 Å². The number of ketones is 1. The Hall–Kier alpha value is -1.26. The predicted octanol–water partition coefficient (Wildman–Crippen LogP) is 3.19. The molecule has 0 aliphatic heterocycles. The van der Waals surface area contributed by atoms with Crippen molar-refractivity contribution in [2.24, 2.45) is 5.92 Å². The number of hydrogen-bond acceptors (Lipinski definition) is 2. The molecule has 1 heterocycles. The van der Waals surface area contributed by atoms with Crippen molar-refractivity contribution in [3.63, 3.8) is 0 Å². The Morgan fingerprint density at radius 1 is 1.47 bits per heavy atom. The van der Waals surface area contributed by atoms with E-state index in [1.165, 1.54) is 11.6 Å². The molecule has 2 aliphatic carbocycles. The Balaban J connectivity index is 2.17. The molecule has 1 aromatic rings. The molecule has 0 radical (unpaired) electrons. The number of nitrogens with zero attached hydrogens (tertiary/aromatic N) is 2. The summed E-state index contributed by atoms with van der Waals surface area (Å²) in [4.78, 5) is 11.3. The van der Waals surface area contributed by atoms with E-state index >= 15 is 0 Å². The number of hydrogen-bond donors (Lipinski definition) is 0. The number of rotatable bonds is 3. The van der Waals surface area contributed by atoms with Gasteiger partial charge in [0.2, 0.25) is 0 Å². The molecule has 2 unspecified atom stereocenters. The number of fused-ring (bicyclic) bond motifs is 3. The topological polar surface area (TPSA) is 34.9 Å². The zero-order chi connectivity index (χ0) is 13.9. The Morgan fingerprint density at radius 2 is 2.16 bits per heavy atom. The Bertz CT molecular complexity index is 548. The molecule has 1 fully saturated rings. The summed E-state index contributed by atoms with van der Waals surface area (Å²) in [7, 11) is 0. The van der Waals surface area contributed by atoms with Crippen LogP contribution in [0, 0.1) is 5.92 Å². The third-order valence-corrected chi connectivity index (χ3v) is 4.36. The lowest BCUT2D eigenvalue weighted by Crippen LogP contribution is -2.32. The van der Waals surface area contributed by atoms with E-state index in [1.807, 2.05) is 13.8 Å². The molecular formula is C14H18F2N2O. The average Bonchev–Trinajstić information content (AvgIpc) is 2.60. The number of aromatic nitrogens is 2. The molecule has 104 valence electrons. The highest BCUT2D eigenvalue weighted by molar-refractivity contribution is 5.75. The van der Waals surface area contributed by atoms with Crippen LogP contribution >= 0.6 is 0 Å². The third kappa shape index (κ3) is 1.60. The van der Waals surface area contributed by atoms with Gasteiger partial charge in [-0.1, -0.05) is 13.8 Å². The number of alkyl halides is 2. The smallest absolute Gasteiger partial charge is 0.293 e. The highest BCUT2D eigenvalue weighted by Gasteiger charge is 2.61. The fourth-order valence-electron chi connectivity index (χ4n) is 3.42. The van der Waals surface area contributed by atoms with Gasteiger partial charge in [0.05, 0.1) is 12.2 Å². The Labute approximate surface area is 111 Å². The van der Waals surface area contributed by atoms with Gasteiger partial charge in [-0.05, 0) is 31.6 Å². The average molecular weight is 268 g/mol. The van der Waals surface area contributed by atoms with Crippen molar-refractivity contribution in [1.29, 1.82) is 0 Å². The summed E-state index contributed by atoms with van der Waals surface area (Å²) in [5.74, 6) is -3.49. The number of Topliss-reactive ketones (excluding diaryl/α,β-unsaturated/α-hetero) is 1. The summed E-state index contributed by atoms with van der Waals surface area (Å²) in [5.41, 5.74) is 1.50. The molecule has 19 heavy (non-hydrogen) atoms. The summed E-state index contributed by atoms with van der Waals surface area (Å²) in [5, 5.41) is 4.30. The van der Waals surface area contributed by atoms with Gasteiger partial charge in [0.1, 0.15) is 5.69 Å². The summed E-state index contributed by atoms with van der Waals surface area (Å²) < 4.78 is 30.2. The molecule has 0 aromatic carbocycles. The lowest BCUT2D eigenvalue weighted by Gasteiger charge is -2.34. The molecule has 2 atom stereocenters. The van der Waals surface area contributed by atoms with Gasteiger partial charge in [-0.3, -0.25) is 9.48 Å². The minimum atomic E-state index is -2.83. The van der Waals surface area contributed by atoms with Crippen molar-refractivity contribution in [2.45, 2.75) is 57.9 Å². The maximum atomic E-state index is 14.4. The molecule has 2 aliphatic rings. The van der Waals surface area contributed by atoms with Gasteiger partial charge < -0.3 is 0 Å². The molecule has 0 amide bonds. The van der Waals surface area contributed by atoms with Crippen molar-refractivity contribution >= 4 is 5.78 Å². The lowest BCUT2D eigenvalue weighted by atomic mass is 9.72. The van der Waals surface area contributed by atoms with E-state index in [9.17, 15) is 13.6 Å². The Kier molecular flexibility index (Phi) is 2.60. The molecule has 3 rings (SSSR count). The second-order valence-electron chi connectivity index (χ2n) is 6.08. The van der Waals surface area contributed by atoms with Gasteiger partial charge >= 0.3 is 0 Å². The van der Waals surface area contributed by atoms with Crippen molar-refractivity contribution in [3.8, 4) is 0 Å². The quantitative estimate of drug-likeness (QED) is 0.843. The summed E-state index contributed by atoms with van der Waals surface area (Å²) in [6.07, 6.45) is 1.39. The second-order valence-corrected chi connectivity index (χ2v) is 6.08. The van der Waals surface area contributed by atoms with Crippen LogP contribution in [0.15, 0.2) is 0 Å². The molecule has 1 saturated carbocycles. The third-order valence-electron chi connectivity index (χ3n) is 4.36. The van der Waals surface area contributed by atoms with E-state index in [1.54, 1.807) is 0 Å². The van der Waals surface area contributed by atoms with Crippen molar-refractivity contribution in [1.82, 2.24) is 9.78 Å². The minimum Gasteiger partial charge on any atom is -0.298 e. The highest BCUT2D eigenvalue weighted by atomic mass is 19.3. The van der Waals surface area contributed by atoms with Crippen LogP contribution in [-0.2, 0) is 17.3 Å². The van der Waals surface area contributed by atoms with Gasteiger partial charge in [-0.25, -0.2) is 0 Å². The number of halogens is 2. The van der Waals surface area contributed by atoms with E-state index in [-0.39, 0.29) is 29.9 Å². The van der Waals surface area contributed by atoms with Gasteiger partial charge in [-0.15, -0.1) is 0 Å². The fourth-order valence-corrected chi connectivity index (χ4v) is 3.42. The van der Waals surface area contributed by atoms with Gasteiger partial charge in [-0.2, -0.15) is 13.9 Å². The summed E-state index contributed by atoms with van der Waals surface area (Å²) in [6.45, 7) is 5.28. The fraction of sp³-hybridized carbons (Fsp3) is 0.714. The summed E-state index contributed by atoms with van der Waals surface area (Å²) in [6, 6.07) is 0. The van der Waals surface area contributed by atoms with E-state index in [2.05, 4.69) is 5.10 Å². The second kappa shape index (κ2) is 3.87. The number of carbonyl (C=O) groups excluding carboxylic acids is 1. The molecule has 0 saturated heterocycles. The number of carbonyl (C=O) groups is 1. The first kappa shape index (κ1) is 12.8. The molecule has 5 heteroatoms. The van der Waals surface area contributed by atoms with Crippen LogP contribution in [0.2, 0.25) is 0 Å². The van der Waals surface area contributed by atoms with Crippen molar-refractivity contribution in [2.75, 3.05) is 0 Å². The van der Waals surface area contributed by atoms with E-state index < -0.39 is 11.8 Å². The molecule has 0 N–H and O–H groups in total. The first-order chi connectivity index (χ1) is 8.84. The standard InChI is InChI=1S/C14H18F2N2O/c1-7(2)12-11-9-4-5-10(9)14(15,16)13(11)18(17-12)6-8(3)19/h7,9-10H,4-6H2,1-3H3. The van der Waals surface area contributed by atoms with Gasteiger partial charge in [0.25, 0.3) is 5.92 Å². The van der Waals surface area contributed by atoms with Gasteiger partial charge in [0, 0.05) is 11.5 Å². The van der Waals surface area contributed by atoms with Crippen molar-refractivity contribution < 1.29 is 13.6 Å². The monoisotopic (exact) mass is 268 g/mol. The first-order valence-electron chi connectivity index (χ1n) is 6.82. The molecule has 1 aromatic heterocycles. The van der Waals surface area contributed by atoms with Crippen LogP contribution in [0.3, 0.4) is 0 Å². The normalized spacial score (nSPS) is 27.1. The van der Waals surface area contributed by atoms with E-state index in [0.717, 1.165) is 17.7 Å². The highest BCUT2D eigenvalue weighted by Crippen LogP contribution is 2.63. The SMILES string of the molecule is CC(=O)Cn1nc(C(C)C)c2c1C(F)(F)C1CCC21. The first-order valence-corrected chi connectivity index (χ1v) is 6.82. The zero-order valence-electron chi connectivity index (χ0n) is 11.4. The van der Waals surface area contributed by atoms with Crippen LogP contribution in [0.4, 0.5) is 8.78 Å². The van der Waals surface area contributed by atoms with Crippen LogP contribution in [0.25, 0.3) is 0 Å². The van der Waals surface area contributed by atoms with E-state index in [0.29, 0.717) is 6.42 Å². The molecule has 3 nitrogen and oxygen atoms in total. The molecular weight excluding hydrogens is 250 g/mol. The van der Waals surface area contributed by atoms with Gasteiger partial charge in [0.15, 0.2) is 5.78 Å². The minimum absolute atomic E-state index is 0.0129. The lowest BCUT2D eigenvalue weighted by molar-refractivity contribution is -0.118. The molecule has 0 bridgehead atoms. The van der Waals surface area contributed by atoms with Crippen molar-refractivity contribution in [3.05, 3.63) is 17.0 Å². The maximum Gasteiger partial charge on any atom is 0.293 e. The van der Waals surface area contributed by atoms with Crippen LogP contribution in [0.1, 0.15) is 62.4 Å². The van der Waals surface area contributed by atoms with Crippen LogP contribution < -0.4 is 0 Å². The van der Waals surface area contributed by atoms with Crippen LogP contribution in [-0.4, -0.2) is 15.6 Å². The zero-order valence-corrected chi connectivity index (χ0v) is 11.4. The summed E-state index contributed by atoms with van der Waals surface area (Å²) >= 11 is 0.